The second-order valence-corrected chi connectivity index (χ2v) is 7.45. The topological polar surface area (TPSA) is 0 Å². The molecule has 0 fully saturated rings. The average molecular weight is 424 g/mol. The van der Waals surface area contributed by atoms with Crippen LogP contribution >= 0.6 is 43.6 Å². The first-order valence-electron chi connectivity index (χ1n) is 6.60. The van der Waals surface area contributed by atoms with E-state index < -0.39 is 0 Å². The predicted molar refractivity (Wildman–Crippen MR) is 100 cm³/mol. The van der Waals surface area contributed by atoms with Gasteiger partial charge in [-0.3, -0.25) is 0 Å². The zero-order valence-electron chi connectivity index (χ0n) is 11.6. The first kappa shape index (κ1) is 16.6. The van der Waals surface area contributed by atoms with Gasteiger partial charge in [-0.1, -0.05) is 67.9 Å². The number of hydrogen-bond acceptors (Lipinski definition) is 1. The first-order valence-corrected chi connectivity index (χ1v) is 9.00. The van der Waals surface area contributed by atoms with Crippen LogP contribution in [-0.2, 0) is 12.8 Å². The minimum Gasteiger partial charge on any atom is -0.103 e. The van der Waals surface area contributed by atoms with Crippen LogP contribution in [0.15, 0.2) is 80.4 Å². The second kappa shape index (κ2) is 8.02. The highest BCUT2D eigenvalue weighted by atomic mass is 79.9. The zero-order valence-corrected chi connectivity index (χ0v) is 15.6. The molecule has 2 aromatic rings. The summed E-state index contributed by atoms with van der Waals surface area (Å²) in [5, 5.41) is 0. The van der Waals surface area contributed by atoms with Crippen molar-refractivity contribution in [3.8, 4) is 0 Å². The lowest BCUT2D eigenvalue weighted by molar-refractivity contribution is 1.21. The van der Waals surface area contributed by atoms with Crippen LogP contribution < -0.4 is 0 Å². The molecule has 0 spiro atoms. The van der Waals surface area contributed by atoms with Crippen molar-refractivity contribution in [2.45, 2.75) is 22.6 Å². The van der Waals surface area contributed by atoms with E-state index in [1.807, 2.05) is 12.2 Å². The molecule has 2 rings (SSSR count). The molecule has 0 aliphatic carbocycles. The molecular weight excluding hydrogens is 408 g/mol. The second-order valence-electron chi connectivity index (χ2n) is 4.59. The quantitative estimate of drug-likeness (QED) is 0.459. The van der Waals surface area contributed by atoms with Gasteiger partial charge in [-0.2, -0.15) is 0 Å². The Balaban J connectivity index is 2.18. The molecule has 0 N–H and O–H groups in total. The summed E-state index contributed by atoms with van der Waals surface area (Å²) in [6.45, 7) is 7.56. The molecular formula is C18H16Br2S. The van der Waals surface area contributed by atoms with Gasteiger partial charge in [0, 0.05) is 18.7 Å². The van der Waals surface area contributed by atoms with Gasteiger partial charge in [0.15, 0.2) is 0 Å². The van der Waals surface area contributed by atoms with E-state index in [2.05, 4.69) is 81.4 Å². The molecule has 0 radical (unpaired) electrons. The van der Waals surface area contributed by atoms with Crippen LogP contribution in [0.25, 0.3) is 0 Å². The number of benzene rings is 2. The van der Waals surface area contributed by atoms with Crippen LogP contribution in [0.5, 0.6) is 0 Å². The summed E-state index contributed by atoms with van der Waals surface area (Å²) in [5.41, 5.74) is 2.52. The summed E-state index contributed by atoms with van der Waals surface area (Å²) in [6.07, 6.45) is 5.60. The molecule has 0 saturated carbocycles. The van der Waals surface area contributed by atoms with Gasteiger partial charge in [-0.25, -0.2) is 0 Å². The van der Waals surface area contributed by atoms with Gasteiger partial charge < -0.3 is 0 Å². The Labute approximate surface area is 147 Å². The van der Waals surface area contributed by atoms with Crippen LogP contribution in [0.4, 0.5) is 0 Å². The summed E-state index contributed by atoms with van der Waals surface area (Å²) >= 11 is 9.01. The largest absolute Gasteiger partial charge is 0.103 e. The Kier molecular flexibility index (Phi) is 6.34. The highest BCUT2D eigenvalue weighted by molar-refractivity contribution is 9.10. The normalized spacial score (nSPS) is 10.4. The van der Waals surface area contributed by atoms with Crippen LogP contribution in [0, 0.1) is 0 Å². The molecule has 0 atom stereocenters. The van der Waals surface area contributed by atoms with Crippen LogP contribution in [-0.4, -0.2) is 0 Å². The molecule has 2 aromatic carbocycles. The summed E-state index contributed by atoms with van der Waals surface area (Å²) in [4.78, 5) is 2.44. The van der Waals surface area contributed by atoms with Gasteiger partial charge in [0.25, 0.3) is 0 Å². The minimum absolute atomic E-state index is 0.882. The Morgan fingerprint density at radius 3 is 1.57 bits per heavy atom. The predicted octanol–water partition coefficient (Wildman–Crippen LogP) is 6.82. The van der Waals surface area contributed by atoms with Crippen molar-refractivity contribution in [2.75, 3.05) is 0 Å². The molecule has 108 valence electrons. The standard InChI is InChI=1S/C18H16Br2S/c1-3-5-13-7-9-15(11-17(13)19)21-16-10-8-14(6-4-2)18(20)12-16/h3-4,7-12H,1-2,5-6H2. The third-order valence-electron chi connectivity index (χ3n) is 3.01. The summed E-state index contributed by atoms with van der Waals surface area (Å²) in [6, 6.07) is 12.9. The van der Waals surface area contributed by atoms with Gasteiger partial charge >= 0.3 is 0 Å². The van der Waals surface area contributed by atoms with Crippen molar-refractivity contribution < 1.29 is 0 Å². The molecule has 0 aliphatic heterocycles. The van der Waals surface area contributed by atoms with Crippen LogP contribution in [0.3, 0.4) is 0 Å². The Morgan fingerprint density at radius 1 is 0.810 bits per heavy atom. The van der Waals surface area contributed by atoms with Crippen LogP contribution in [0.2, 0.25) is 0 Å². The fraction of sp³-hybridized carbons (Fsp3) is 0.111. The maximum Gasteiger partial charge on any atom is 0.0221 e. The monoisotopic (exact) mass is 422 g/mol. The van der Waals surface area contributed by atoms with E-state index in [1.165, 1.54) is 20.9 Å². The summed E-state index contributed by atoms with van der Waals surface area (Å²) < 4.78 is 2.27. The number of rotatable bonds is 6. The average Bonchev–Trinajstić information content (AvgIpc) is 2.45. The van der Waals surface area contributed by atoms with Crippen molar-refractivity contribution in [2.24, 2.45) is 0 Å². The maximum atomic E-state index is 3.78. The van der Waals surface area contributed by atoms with E-state index in [0.717, 1.165) is 21.8 Å². The third kappa shape index (κ3) is 4.60. The molecule has 3 heteroatoms. The zero-order chi connectivity index (χ0) is 15.2. The van der Waals surface area contributed by atoms with Crippen molar-refractivity contribution in [1.29, 1.82) is 0 Å². The lowest BCUT2D eigenvalue weighted by Crippen LogP contribution is -1.85. The Morgan fingerprint density at radius 2 is 1.24 bits per heavy atom. The van der Waals surface area contributed by atoms with E-state index >= 15 is 0 Å². The summed E-state index contributed by atoms with van der Waals surface area (Å²) in [7, 11) is 0. The Hall–Kier alpha value is -0.770. The highest BCUT2D eigenvalue weighted by Gasteiger charge is 2.05. The van der Waals surface area contributed by atoms with Crippen molar-refractivity contribution in [3.63, 3.8) is 0 Å². The lowest BCUT2D eigenvalue weighted by atomic mass is 10.1. The molecule has 0 aromatic heterocycles. The molecule has 0 aliphatic rings. The molecule has 0 heterocycles. The molecule has 0 amide bonds. The van der Waals surface area contributed by atoms with Gasteiger partial charge in [0.2, 0.25) is 0 Å². The molecule has 0 saturated heterocycles. The van der Waals surface area contributed by atoms with Gasteiger partial charge in [0.1, 0.15) is 0 Å². The minimum atomic E-state index is 0.882. The van der Waals surface area contributed by atoms with E-state index in [0.29, 0.717) is 0 Å². The van der Waals surface area contributed by atoms with Gasteiger partial charge in [0.05, 0.1) is 0 Å². The molecule has 0 unspecified atom stereocenters. The highest BCUT2D eigenvalue weighted by Crippen LogP contribution is 2.33. The maximum absolute atomic E-state index is 3.78. The fourth-order valence-electron chi connectivity index (χ4n) is 1.96. The van der Waals surface area contributed by atoms with Gasteiger partial charge in [-0.05, 0) is 48.2 Å². The van der Waals surface area contributed by atoms with Crippen LogP contribution in [0.1, 0.15) is 11.1 Å². The van der Waals surface area contributed by atoms with Crippen molar-refractivity contribution in [1.82, 2.24) is 0 Å². The smallest absolute Gasteiger partial charge is 0.0221 e. The Bertz CT molecular complexity index is 605. The van der Waals surface area contributed by atoms with Crippen molar-refractivity contribution >= 4 is 43.6 Å². The number of hydrogen-bond donors (Lipinski definition) is 0. The molecule has 21 heavy (non-hydrogen) atoms. The first-order chi connectivity index (χ1) is 10.1. The SMILES string of the molecule is C=CCc1ccc(Sc2ccc(CC=C)c(Br)c2)cc1Br. The van der Waals surface area contributed by atoms with E-state index in [9.17, 15) is 0 Å². The number of halogens is 2. The van der Waals surface area contributed by atoms with Gasteiger partial charge in [-0.15, -0.1) is 13.2 Å². The lowest BCUT2D eigenvalue weighted by Gasteiger charge is -2.08. The van der Waals surface area contributed by atoms with Crippen molar-refractivity contribution in [3.05, 3.63) is 81.8 Å². The fourth-order valence-corrected chi connectivity index (χ4v) is 4.24. The van der Waals surface area contributed by atoms with E-state index in [1.54, 1.807) is 11.8 Å². The summed E-state index contributed by atoms with van der Waals surface area (Å²) in [5.74, 6) is 0. The van der Waals surface area contributed by atoms with E-state index in [-0.39, 0.29) is 0 Å². The molecule has 0 bridgehead atoms. The third-order valence-corrected chi connectivity index (χ3v) is 5.47. The number of allylic oxidation sites excluding steroid dienone is 2. The molecule has 0 nitrogen and oxygen atoms in total. The van der Waals surface area contributed by atoms with E-state index in [4.69, 9.17) is 0 Å².